The summed E-state index contributed by atoms with van der Waals surface area (Å²) in [6, 6.07) is 0.854. The maximum Gasteiger partial charge on any atom is 0.168 e. The zero-order valence-electron chi connectivity index (χ0n) is 10.1. The fraction of sp³-hybridized carbons (Fsp3) is 0.583. The van der Waals surface area contributed by atoms with E-state index >= 15 is 0 Å². The number of anilines is 2. The van der Waals surface area contributed by atoms with Crippen molar-refractivity contribution in [2.24, 2.45) is 5.41 Å². The van der Waals surface area contributed by atoms with Gasteiger partial charge in [-0.2, -0.15) is 0 Å². The SMILES string of the molecule is CCC1(CNc2nc(NC)c(F)cc2F)CC1. The molecule has 1 aromatic rings. The highest BCUT2D eigenvalue weighted by molar-refractivity contribution is 5.47. The van der Waals surface area contributed by atoms with Gasteiger partial charge < -0.3 is 10.6 Å². The van der Waals surface area contributed by atoms with Gasteiger partial charge in [-0.05, 0) is 24.7 Å². The minimum absolute atomic E-state index is 0.0650. The van der Waals surface area contributed by atoms with E-state index in [4.69, 9.17) is 0 Å². The second kappa shape index (κ2) is 4.47. The van der Waals surface area contributed by atoms with Gasteiger partial charge in [0, 0.05) is 19.7 Å². The molecule has 0 saturated heterocycles. The van der Waals surface area contributed by atoms with E-state index in [1.807, 2.05) is 0 Å². The van der Waals surface area contributed by atoms with Crippen LogP contribution in [-0.4, -0.2) is 18.6 Å². The molecular formula is C12H17F2N3. The molecule has 3 nitrogen and oxygen atoms in total. The Bertz CT molecular complexity index is 416. The average molecular weight is 241 g/mol. The van der Waals surface area contributed by atoms with E-state index in [-0.39, 0.29) is 11.6 Å². The van der Waals surface area contributed by atoms with Gasteiger partial charge in [-0.15, -0.1) is 0 Å². The summed E-state index contributed by atoms with van der Waals surface area (Å²) in [6.07, 6.45) is 3.40. The number of hydrogen-bond acceptors (Lipinski definition) is 3. The summed E-state index contributed by atoms with van der Waals surface area (Å²) in [5, 5.41) is 5.57. The van der Waals surface area contributed by atoms with Crippen LogP contribution in [0.15, 0.2) is 6.07 Å². The zero-order chi connectivity index (χ0) is 12.5. The first-order valence-corrected chi connectivity index (χ1v) is 5.88. The molecule has 0 amide bonds. The van der Waals surface area contributed by atoms with Crippen molar-refractivity contribution in [1.82, 2.24) is 4.98 Å². The fourth-order valence-corrected chi connectivity index (χ4v) is 1.87. The molecule has 0 aromatic carbocycles. The Labute approximate surface area is 99.6 Å². The number of halogens is 2. The van der Waals surface area contributed by atoms with Crippen molar-refractivity contribution in [3.05, 3.63) is 17.7 Å². The predicted octanol–water partition coefficient (Wildman–Crippen LogP) is 3.00. The molecule has 0 aliphatic heterocycles. The molecule has 2 rings (SSSR count). The number of rotatable bonds is 5. The molecule has 1 aliphatic carbocycles. The standard InChI is InChI=1S/C12H17F2N3/c1-3-12(4-5-12)7-16-11-9(14)6-8(13)10(15-2)17-11/h6H,3-5,7H2,1-2H3,(H2,15,16,17). The van der Waals surface area contributed by atoms with Crippen molar-refractivity contribution in [3.63, 3.8) is 0 Å². The largest absolute Gasteiger partial charge is 0.371 e. The van der Waals surface area contributed by atoms with Crippen molar-refractivity contribution < 1.29 is 8.78 Å². The van der Waals surface area contributed by atoms with E-state index < -0.39 is 11.6 Å². The Morgan fingerprint density at radius 3 is 2.47 bits per heavy atom. The molecule has 1 saturated carbocycles. The van der Waals surface area contributed by atoms with Crippen LogP contribution in [0.4, 0.5) is 20.4 Å². The molecule has 0 bridgehead atoms. The number of aromatic nitrogens is 1. The van der Waals surface area contributed by atoms with E-state index in [1.165, 1.54) is 0 Å². The smallest absolute Gasteiger partial charge is 0.168 e. The lowest BCUT2D eigenvalue weighted by atomic mass is 10.0. The number of pyridine rings is 1. The zero-order valence-corrected chi connectivity index (χ0v) is 10.1. The third kappa shape index (κ3) is 2.48. The average Bonchev–Trinajstić information content (AvgIpc) is 3.09. The maximum absolute atomic E-state index is 13.5. The van der Waals surface area contributed by atoms with E-state index in [9.17, 15) is 8.78 Å². The maximum atomic E-state index is 13.5. The second-order valence-electron chi connectivity index (χ2n) is 4.61. The lowest BCUT2D eigenvalue weighted by Crippen LogP contribution is -2.16. The van der Waals surface area contributed by atoms with Gasteiger partial charge in [0.25, 0.3) is 0 Å². The van der Waals surface area contributed by atoms with Crippen molar-refractivity contribution in [2.75, 3.05) is 24.2 Å². The van der Waals surface area contributed by atoms with Crippen molar-refractivity contribution in [1.29, 1.82) is 0 Å². The Kier molecular flexibility index (Phi) is 3.17. The molecule has 0 unspecified atom stereocenters. The highest BCUT2D eigenvalue weighted by Gasteiger charge is 2.40. The van der Waals surface area contributed by atoms with E-state index in [0.717, 1.165) is 25.3 Å². The van der Waals surface area contributed by atoms with Crippen LogP contribution in [0, 0.1) is 17.0 Å². The third-order valence-electron chi connectivity index (χ3n) is 3.50. The van der Waals surface area contributed by atoms with Crippen LogP contribution in [0.2, 0.25) is 0 Å². The number of hydrogen-bond donors (Lipinski definition) is 2. The normalized spacial score (nSPS) is 16.7. The minimum Gasteiger partial charge on any atom is -0.371 e. The van der Waals surface area contributed by atoms with Gasteiger partial charge in [-0.1, -0.05) is 6.92 Å². The highest BCUT2D eigenvalue weighted by Crippen LogP contribution is 2.48. The molecule has 1 aliphatic rings. The quantitative estimate of drug-likeness (QED) is 0.832. The molecule has 2 N–H and O–H groups in total. The van der Waals surface area contributed by atoms with Gasteiger partial charge in [-0.25, -0.2) is 13.8 Å². The molecule has 1 fully saturated rings. The lowest BCUT2D eigenvalue weighted by molar-refractivity contribution is 0.516. The Morgan fingerprint density at radius 1 is 1.29 bits per heavy atom. The fourth-order valence-electron chi connectivity index (χ4n) is 1.87. The summed E-state index contributed by atoms with van der Waals surface area (Å²) < 4.78 is 26.7. The van der Waals surface area contributed by atoms with Crippen LogP contribution in [0.3, 0.4) is 0 Å². The van der Waals surface area contributed by atoms with E-state index in [2.05, 4.69) is 22.5 Å². The number of nitrogens with one attached hydrogen (secondary N) is 2. The molecule has 17 heavy (non-hydrogen) atoms. The van der Waals surface area contributed by atoms with E-state index in [1.54, 1.807) is 7.05 Å². The van der Waals surface area contributed by atoms with Crippen LogP contribution in [0.1, 0.15) is 26.2 Å². The second-order valence-corrected chi connectivity index (χ2v) is 4.61. The molecule has 0 atom stereocenters. The van der Waals surface area contributed by atoms with Gasteiger partial charge in [-0.3, -0.25) is 0 Å². The van der Waals surface area contributed by atoms with E-state index in [0.29, 0.717) is 12.0 Å². The Morgan fingerprint density at radius 2 is 1.94 bits per heavy atom. The first kappa shape index (κ1) is 12.1. The van der Waals surface area contributed by atoms with Gasteiger partial charge in [0.05, 0.1) is 0 Å². The van der Waals surface area contributed by atoms with Gasteiger partial charge in [0.15, 0.2) is 23.3 Å². The Balaban J connectivity index is 2.10. The predicted molar refractivity (Wildman–Crippen MR) is 64.1 cm³/mol. The van der Waals surface area contributed by atoms with Crippen LogP contribution >= 0.6 is 0 Å². The highest BCUT2D eigenvalue weighted by atomic mass is 19.1. The molecule has 0 spiro atoms. The van der Waals surface area contributed by atoms with Crippen LogP contribution in [0.5, 0.6) is 0 Å². The van der Waals surface area contributed by atoms with Gasteiger partial charge >= 0.3 is 0 Å². The Hall–Kier alpha value is -1.39. The minimum atomic E-state index is -0.674. The summed E-state index contributed by atoms with van der Waals surface area (Å²) in [5.74, 6) is -1.13. The van der Waals surface area contributed by atoms with Crippen LogP contribution in [0.25, 0.3) is 0 Å². The summed E-state index contributed by atoms with van der Waals surface area (Å²) in [4.78, 5) is 3.88. The van der Waals surface area contributed by atoms with Crippen molar-refractivity contribution in [3.8, 4) is 0 Å². The summed E-state index contributed by atoms with van der Waals surface area (Å²) >= 11 is 0. The molecule has 1 heterocycles. The van der Waals surface area contributed by atoms with Crippen molar-refractivity contribution >= 4 is 11.6 Å². The van der Waals surface area contributed by atoms with Crippen molar-refractivity contribution in [2.45, 2.75) is 26.2 Å². The molecule has 0 radical (unpaired) electrons. The third-order valence-corrected chi connectivity index (χ3v) is 3.50. The van der Waals surface area contributed by atoms with Crippen LogP contribution in [-0.2, 0) is 0 Å². The summed E-state index contributed by atoms with van der Waals surface area (Å²) in [7, 11) is 1.56. The van der Waals surface area contributed by atoms with Gasteiger partial charge in [0.1, 0.15) is 0 Å². The van der Waals surface area contributed by atoms with Crippen LogP contribution < -0.4 is 10.6 Å². The summed E-state index contributed by atoms with van der Waals surface area (Å²) in [6.45, 7) is 2.82. The monoisotopic (exact) mass is 241 g/mol. The molecule has 94 valence electrons. The molecular weight excluding hydrogens is 224 g/mol. The van der Waals surface area contributed by atoms with Gasteiger partial charge in [0.2, 0.25) is 0 Å². The molecule has 5 heteroatoms. The number of nitrogens with zero attached hydrogens (tertiary/aromatic N) is 1. The topological polar surface area (TPSA) is 37.0 Å². The first-order valence-electron chi connectivity index (χ1n) is 5.88. The molecule has 1 aromatic heterocycles. The first-order chi connectivity index (χ1) is 8.10. The lowest BCUT2D eigenvalue weighted by Gasteiger charge is -2.15. The summed E-state index contributed by atoms with van der Waals surface area (Å²) in [5.41, 5.74) is 0.294.